The summed E-state index contributed by atoms with van der Waals surface area (Å²) in [6.45, 7) is 4.44. The van der Waals surface area contributed by atoms with Gasteiger partial charge in [0.2, 0.25) is 11.8 Å². The van der Waals surface area contributed by atoms with Crippen LogP contribution in [-0.4, -0.2) is 114 Å². The van der Waals surface area contributed by atoms with Crippen molar-refractivity contribution < 1.29 is 32.6 Å². The van der Waals surface area contributed by atoms with Gasteiger partial charge in [-0.25, -0.2) is 23.1 Å². The number of hydrogen-bond acceptors (Lipinski definition) is 11. The summed E-state index contributed by atoms with van der Waals surface area (Å²) in [5, 5.41) is 13.6. The summed E-state index contributed by atoms with van der Waals surface area (Å²) in [4.78, 5) is 60.3. The largest absolute Gasteiger partial charge is 0.374 e. The Labute approximate surface area is 360 Å². The number of benzene rings is 1. The maximum Gasteiger partial charge on any atom is 0.329 e. The van der Waals surface area contributed by atoms with Gasteiger partial charge in [-0.2, -0.15) is 10.2 Å². The molecule has 4 aromatic heterocycles. The van der Waals surface area contributed by atoms with Crippen molar-refractivity contribution in [3.63, 3.8) is 0 Å². The summed E-state index contributed by atoms with van der Waals surface area (Å²) >= 11 is 0. The van der Waals surface area contributed by atoms with E-state index in [0.29, 0.717) is 34.8 Å². The molecular formula is C44H49F2N11O6. The zero-order valence-electron chi connectivity index (χ0n) is 34.9. The third kappa shape index (κ3) is 8.11. The van der Waals surface area contributed by atoms with Gasteiger partial charge in [0.25, 0.3) is 12.3 Å². The molecule has 3 atom stereocenters. The van der Waals surface area contributed by atoms with Gasteiger partial charge in [-0.15, -0.1) is 0 Å². The number of imidazole rings is 1. The highest BCUT2D eigenvalue weighted by molar-refractivity contribution is 6.08. The molecule has 3 amide bonds. The van der Waals surface area contributed by atoms with Crippen LogP contribution in [0.1, 0.15) is 97.9 Å². The highest BCUT2D eigenvalue weighted by atomic mass is 19.3. The van der Waals surface area contributed by atoms with Crippen LogP contribution in [0.15, 0.2) is 47.7 Å². The molecule has 4 aliphatic heterocycles. The molecule has 2 N–H and O–H groups in total. The summed E-state index contributed by atoms with van der Waals surface area (Å²) in [5.41, 5.74) is 1.73. The number of nitrogens with one attached hydrogen (secondary N) is 2. The number of piperidine rings is 2. The monoisotopic (exact) mass is 865 g/mol. The molecule has 5 aromatic rings. The van der Waals surface area contributed by atoms with Gasteiger partial charge in [-0.1, -0.05) is 11.8 Å². The Morgan fingerprint density at radius 2 is 1.87 bits per heavy atom. The number of fused-ring (bicyclic) bond motifs is 4. The molecular weight excluding hydrogens is 817 g/mol. The fourth-order valence-corrected chi connectivity index (χ4v) is 10.1. The van der Waals surface area contributed by atoms with Gasteiger partial charge in [0.15, 0.2) is 11.3 Å². The first kappa shape index (κ1) is 41.1. The van der Waals surface area contributed by atoms with Gasteiger partial charge in [0.1, 0.15) is 24.0 Å². The Bertz CT molecular complexity index is 2700. The van der Waals surface area contributed by atoms with Crippen molar-refractivity contribution in [1.82, 2.24) is 43.7 Å². The molecule has 1 aromatic carbocycles. The standard InChI is InChI=1S/C44H49F2N11O6/c1-52-34-9-6-26(19-36(34)57(44(52)61)35-10-11-38(58)50-43(35)60)3-2-18-62-30-12-15-53(16-13-30)22-27-4-7-28(8-5-27)56-24-33(39(51-56)40(45)46)48-42(59)32-21-47-55-17-14-37(49-41(32)55)54-23-31-20-29(54)25-63-31/h6,9,14,17,19,21,24,27-31,35,40H,4-5,7-8,10-13,15-16,18,20,22-23,25H2,1H3,(H,48,59)(H,50,58,60)/t27-,28-,29-,31-,35?/m1/s1. The Morgan fingerprint density at radius 3 is 2.62 bits per heavy atom. The van der Waals surface area contributed by atoms with Crippen molar-refractivity contribution in [3.8, 4) is 11.8 Å². The van der Waals surface area contributed by atoms with Crippen molar-refractivity contribution in [2.24, 2.45) is 13.0 Å². The van der Waals surface area contributed by atoms with Crippen LogP contribution in [0.5, 0.6) is 0 Å². The Kier molecular flexibility index (Phi) is 11.1. The average molecular weight is 866 g/mol. The minimum atomic E-state index is -2.86. The normalized spacial score (nSPS) is 24.4. The lowest BCUT2D eigenvalue weighted by molar-refractivity contribution is -0.135. The highest BCUT2D eigenvalue weighted by Gasteiger charge is 2.40. The van der Waals surface area contributed by atoms with Crippen LogP contribution < -0.4 is 21.2 Å². The van der Waals surface area contributed by atoms with Gasteiger partial charge in [0, 0.05) is 57.6 Å². The molecule has 63 heavy (non-hydrogen) atoms. The molecule has 1 saturated carbocycles. The number of carbonyl (C=O) groups excluding carboxylic acids is 3. The number of aryl methyl sites for hydroxylation is 1. The third-order valence-electron chi connectivity index (χ3n) is 13.5. The van der Waals surface area contributed by atoms with Crippen molar-refractivity contribution in [3.05, 3.63) is 70.2 Å². The number of hydrogen-bond donors (Lipinski definition) is 2. The third-order valence-corrected chi connectivity index (χ3v) is 13.5. The predicted octanol–water partition coefficient (Wildman–Crippen LogP) is 3.99. The number of ether oxygens (including phenoxy) is 2. The number of carbonyl (C=O) groups is 3. The SMILES string of the molecule is Cn1c(=O)n(C2CCC(=O)NC2=O)c2cc(C#CCOC3CCN(C[C@H]4CC[C@H](n5cc(NC(=O)c6cnn7ccc(N8C[C@H]9C[C@@H]8CO9)nc67)c(C(F)F)n5)CC4)CC3)ccc21. The second-order valence-electron chi connectivity index (χ2n) is 17.4. The lowest BCUT2D eigenvalue weighted by Gasteiger charge is -2.36. The summed E-state index contributed by atoms with van der Waals surface area (Å²) in [6.07, 6.45) is 8.78. The second kappa shape index (κ2) is 17.0. The van der Waals surface area contributed by atoms with E-state index in [2.05, 4.69) is 42.5 Å². The summed E-state index contributed by atoms with van der Waals surface area (Å²) in [6, 6.07) is 6.76. The van der Waals surface area contributed by atoms with Crippen LogP contribution in [0, 0.1) is 17.8 Å². The number of aromatic nitrogens is 7. The van der Waals surface area contributed by atoms with Crippen LogP contribution in [0.25, 0.3) is 16.7 Å². The molecule has 10 rings (SSSR count). The zero-order chi connectivity index (χ0) is 43.4. The first-order valence-electron chi connectivity index (χ1n) is 21.8. The summed E-state index contributed by atoms with van der Waals surface area (Å²) < 4.78 is 46.5. The number of anilines is 2. The van der Waals surface area contributed by atoms with Crippen molar-refractivity contribution in [1.29, 1.82) is 0 Å². The molecule has 4 saturated heterocycles. The lowest BCUT2D eigenvalue weighted by Crippen LogP contribution is -2.44. The molecule has 5 fully saturated rings. The van der Waals surface area contributed by atoms with Crippen LogP contribution >= 0.6 is 0 Å². The highest BCUT2D eigenvalue weighted by Crippen LogP contribution is 2.36. The van der Waals surface area contributed by atoms with E-state index >= 15 is 0 Å². The molecule has 8 heterocycles. The second-order valence-corrected chi connectivity index (χ2v) is 17.4. The number of alkyl halides is 2. The molecule has 19 heteroatoms. The van der Waals surface area contributed by atoms with E-state index < -0.39 is 30.0 Å². The summed E-state index contributed by atoms with van der Waals surface area (Å²) in [7, 11) is 1.66. The van der Waals surface area contributed by atoms with E-state index in [-0.39, 0.29) is 66.6 Å². The fourth-order valence-electron chi connectivity index (χ4n) is 10.1. The Hall–Kier alpha value is -5.97. The smallest absolute Gasteiger partial charge is 0.329 e. The van der Waals surface area contributed by atoms with Gasteiger partial charge >= 0.3 is 5.69 Å². The number of morpholine rings is 1. The van der Waals surface area contributed by atoms with E-state index in [1.165, 1.54) is 26.0 Å². The molecule has 2 bridgehead atoms. The van der Waals surface area contributed by atoms with Crippen molar-refractivity contribution in [2.45, 2.75) is 94.5 Å². The molecule has 330 valence electrons. The molecule has 17 nitrogen and oxygen atoms in total. The topological polar surface area (TPSA) is 175 Å². The number of likely N-dealkylation sites (tertiary alicyclic amines) is 1. The molecule has 1 aliphatic carbocycles. The molecule has 0 spiro atoms. The van der Waals surface area contributed by atoms with Gasteiger partial charge in [-0.05, 0) is 81.5 Å². The molecule has 1 unspecified atom stereocenters. The van der Waals surface area contributed by atoms with E-state index in [9.17, 15) is 28.0 Å². The van der Waals surface area contributed by atoms with E-state index in [0.717, 1.165) is 76.9 Å². The van der Waals surface area contributed by atoms with Crippen LogP contribution in [-0.2, 0) is 26.1 Å². The number of halogens is 2. The maximum absolute atomic E-state index is 14.3. The maximum atomic E-state index is 14.3. The fraction of sp³-hybridized carbons (Fsp3) is 0.523. The van der Waals surface area contributed by atoms with Crippen LogP contribution in [0.2, 0.25) is 0 Å². The molecule has 0 radical (unpaired) electrons. The predicted molar refractivity (Wildman–Crippen MR) is 226 cm³/mol. The van der Waals surface area contributed by atoms with E-state index in [1.54, 1.807) is 24.0 Å². The van der Waals surface area contributed by atoms with Gasteiger partial charge < -0.3 is 24.6 Å². The van der Waals surface area contributed by atoms with Crippen LogP contribution in [0.3, 0.4) is 0 Å². The Balaban J connectivity index is 0.694. The van der Waals surface area contributed by atoms with Gasteiger partial charge in [-0.3, -0.25) is 33.5 Å². The zero-order valence-corrected chi connectivity index (χ0v) is 34.9. The first-order chi connectivity index (χ1) is 30.6. The minimum Gasteiger partial charge on any atom is -0.374 e. The van der Waals surface area contributed by atoms with Crippen LogP contribution in [0.4, 0.5) is 20.3 Å². The number of rotatable bonds is 10. The van der Waals surface area contributed by atoms with Gasteiger partial charge in [0.05, 0.1) is 53.8 Å². The number of amides is 3. The quantitative estimate of drug-likeness (QED) is 0.154. The first-order valence-corrected chi connectivity index (χ1v) is 21.8. The summed E-state index contributed by atoms with van der Waals surface area (Å²) in [5.74, 6) is 6.08. The van der Waals surface area contributed by atoms with Crippen molar-refractivity contribution in [2.75, 3.05) is 49.6 Å². The minimum absolute atomic E-state index is 0.00924. The van der Waals surface area contributed by atoms with E-state index in [4.69, 9.17) is 14.5 Å². The number of imide groups is 1. The average Bonchev–Trinajstić information content (AvgIpc) is 4.13. The molecule has 5 aliphatic rings. The van der Waals surface area contributed by atoms with Crippen molar-refractivity contribution >= 4 is 45.9 Å². The lowest BCUT2D eigenvalue weighted by atomic mass is 9.85. The van der Waals surface area contributed by atoms with E-state index in [1.807, 2.05) is 18.2 Å². The Morgan fingerprint density at radius 1 is 1.05 bits per heavy atom. The number of nitrogens with zero attached hydrogens (tertiary/aromatic N) is 9.